The van der Waals surface area contributed by atoms with Crippen LogP contribution in [0.1, 0.15) is 35.9 Å². The first kappa shape index (κ1) is 14.5. The zero-order valence-electron chi connectivity index (χ0n) is 12.5. The lowest BCUT2D eigenvalue weighted by atomic mass is 10.0. The van der Waals surface area contributed by atoms with Gasteiger partial charge in [0.15, 0.2) is 0 Å². The number of carbonyl (C=O) groups is 1. The molecular formula is C15H24N2OS. The Labute approximate surface area is 120 Å². The Kier molecular flexibility index (Phi) is 4.02. The van der Waals surface area contributed by atoms with Crippen molar-refractivity contribution < 1.29 is 4.79 Å². The van der Waals surface area contributed by atoms with Gasteiger partial charge in [0.1, 0.15) is 0 Å². The predicted molar refractivity (Wildman–Crippen MR) is 80.7 cm³/mol. The number of nitrogens with zero attached hydrogens (tertiary/aromatic N) is 1. The number of hydrogen-bond acceptors (Lipinski definition) is 3. The number of amides is 1. The lowest BCUT2D eigenvalue weighted by molar-refractivity contribution is -0.122. The predicted octanol–water partition coefficient (Wildman–Crippen LogP) is 2.62. The minimum atomic E-state index is -0.000430. The van der Waals surface area contributed by atoms with Crippen molar-refractivity contribution in [2.24, 2.45) is 5.92 Å². The zero-order chi connectivity index (χ0) is 14.2. The van der Waals surface area contributed by atoms with Gasteiger partial charge in [-0.15, -0.1) is 11.3 Å². The monoisotopic (exact) mass is 280 g/mol. The smallest absolute Gasteiger partial charge is 0.223 e. The van der Waals surface area contributed by atoms with Gasteiger partial charge in [0, 0.05) is 33.7 Å². The van der Waals surface area contributed by atoms with Crippen molar-refractivity contribution in [1.29, 1.82) is 0 Å². The van der Waals surface area contributed by atoms with Crippen molar-refractivity contribution in [2.45, 2.75) is 38.6 Å². The second-order valence-corrected chi connectivity index (χ2v) is 7.64. The second-order valence-electron chi connectivity index (χ2n) is 6.32. The van der Waals surface area contributed by atoms with Crippen LogP contribution in [-0.2, 0) is 4.79 Å². The lowest BCUT2D eigenvalue weighted by Gasteiger charge is -2.32. The second kappa shape index (κ2) is 5.25. The SMILES string of the molecule is Cc1ccc(C2CC2C(=O)NCC(C)(C)N(C)C)s1. The van der Waals surface area contributed by atoms with Gasteiger partial charge in [0.05, 0.1) is 0 Å². The van der Waals surface area contributed by atoms with Crippen LogP contribution < -0.4 is 5.32 Å². The molecule has 106 valence electrons. The summed E-state index contributed by atoms with van der Waals surface area (Å²) in [5, 5.41) is 3.10. The van der Waals surface area contributed by atoms with Gasteiger partial charge in [-0.1, -0.05) is 0 Å². The van der Waals surface area contributed by atoms with Crippen molar-refractivity contribution in [1.82, 2.24) is 10.2 Å². The first-order valence-corrected chi connectivity index (χ1v) is 7.64. The summed E-state index contributed by atoms with van der Waals surface area (Å²) in [6, 6.07) is 4.31. The van der Waals surface area contributed by atoms with Gasteiger partial charge in [-0.05, 0) is 53.4 Å². The van der Waals surface area contributed by atoms with Gasteiger partial charge in [-0.2, -0.15) is 0 Å². The van der Waals surface area contributed by atoms with Crippen molar-refractivity contribution >= 4 is 17.2 Å². The van der Waals surface area contributed by atoms with Crippen LogP contribution in [0.25, 0.3) is 0 Å². The average Bonchev–Trinajstić information content (AvgIpc) is 3.02. The molecule has 1 N–H and O–H groups in total. The Bertz CT molecular complexity index is 464. The minimum absolute atomic E-state index is 0.000430. The first-order valence-electron chi connectivity index (χ1n) is 6.83. The maximum Gasteiger partial charge on any atom is 0.223 e. The molecule has 1 aliphatic carbocycles. The maximum atomic E-state index is 12.1. The van der Waals surface area contributed by atoms with Gasteiger partial charge >= 0.3 is 0 Å². The molecule has 0 radical (unpaired) electrons. The van der Waals surface area contributed by atoms with Crippen LogP contribution in [0.3, 0.4) is 0 Å². The molecule has 4 heteroatoms. The largest absolute Gasteiger partial charge is 0.354 e. The number of likely N-dealkylation sites (N-methyl/N-ethyl adjacent to an activating group) is 1. The molecule has 1 aromatic heterocycles. The van der Waals surface area contributed by atoms with E-state index in [0.717, 1.165) is 6.42 Å². The lowest BCUT2D eigenvalue weighted by Crippen LogP contribution is -2.48. The number of hydrogen-bond donors (Lipinski definition) is 1. The summed E-state index contributed by atoms with van der Waals surface area (Å²) in [6.07, 6.45) is 1.01. The van der Waals surface area contributed by atoms with Gasteiger partial charge in [-0.3, -0.25) is 4.79 Å². The molecule has 2 unspecified atom stereocenters. The van der Waals surface area contributed by atoms with E-state index in [9.17, 15) is 4.79 Å². The topological polar surface area (TPSA) is 32.3 Å². The van der Waals surface area contributed by atoms with Crippen LogP contribution in [0.2, 0.25) is 0 Å². The number of rotatable bonds is 5. The fourth-order valence-electron chi connectivity index (χ4n) is 2.04. The third-order valence-corrected chi connectivity index (χ3v) is 5.29. The van der Waals surface area contributed by atoms with Gasteiger partial charge in [0.2, 0.25) is 5.91 Å². The summed E-state index contributed by atoms with van der Waals surface area (Å²) in [6.45, 7) is 7.09. The highest BCUT2D eigenvalue weighted by Crippen LogP contribution is 2.49. The molecule has 1 aliphatic rings. The highest BCUT2D eigenvalue weighted by atomic mass is 32.1. The molecule has 1 aromatic rings. The van der Waals surface area contributed by atoms with Gasteiger partial charge in [-0.25, -0.2) is 0 Å². The summed E-state index contributed by atoms with van der Waals surface area (Å²) in [5.41, 5.74) is -0.000430. The molecule has 1 fully saturated rings. The minimum Gasteiger partial charge on any atom is -0.354 e. The molecule has 2 atom stereocenters. The molecule has 0 bridgehead atoms. The molecule has 0 spiro atoms. The molecule has 1 heterocycles. The van der Waals surface area contributed by atoms with Gasteiger partial charge < -0.3 is 10.2 Å². The first-order chi connectivity index (χ1) is 8.81. The van der Waals surface area contributed by atoms with Crippen LogP contribution in [0.15, 0.2) is 12.1 Å². The summed E-state index contributed by atoms with van der Waals surface area (Å²) in [5.74, 6) is 0.864. The van der Waals surface area contributed by atoms with Crippen molar-refractivity contribution in [3.05, 3.63) is 21.9 Å². The maximum absolute atomic E-state index is 12.1. The number of thiophene rings is 1. The highest BCUT2D eigenvalue weighted by molar-refractivity contribution is 7.12. The number of carbonyl (C=O) groups excluding carboxylic acids is 1. The van der Waals surface area contributed by atoms with Crippen LogP contribution in [0.5, 0.6) is 0 Å². The van der Waals surface area contributed by atoms with Crippen molar-refractivity contribution in [3.8, 4) is 0 Å². The molecule has 2 rings (SSSR count). The molecule has 0 aromatic carbocycles. The normalized spacial score (nSPS) is 22.6. The van der Waals surface area contributed by atoms with Crippen LogP contribution in [0.4, 0.5) is 0 Å². The van der Waals surface area contributed by atoms with Crippen molar-refractivity contribution in [2.75, 3.05) is 20.6 Å². The average molecular weight is 280 g/mol. The Hall–Kier alpha value is -0.870. The van der Waals surface area contributed by atoms with Crippen LogP contribution >= 0.6 is 11.3 Å². The summed E-state index contributed by atoms with van der Waals surface area (Å²) in [4.78, 5) is 17.0. The Balaban J connectivity index is 1.83. The Morgan fingerprint density at radius 1 is 1.47 bits per heavy atom. The van der Waals surface area contributed by atoms with Gasteiger partial charge in [0.25, 0.3) is 0 Å². The third kappa shape index (κ3) is 3.37. The van der Waals surface area contributed by atoms with E-state index >= 15 is 0 Å². The fourth-order valence-corrected chi connectivity index (χ4v) is 3.10. The van der Waals surface area contributed by atoms with E-state index in [0.29, 0.717) is 12.5 Å². The van der Waals surface area contributed by atoms with Crippen molar-refractivity contribution in [3.63, 3.8) is 0 Å². The molecule has 19 heavy (non-hydrogen) atoms. The molecule has 1 amide bonds. The van der Waals surface area contributed by atoms with E-state index < -0.39 is 0 Å². The van der Waals surface area contributed by atoms with E-state index in [1.54, 1.807) is 0 Å². The van der Waals surface area contributed by atoms with E-state index in [-0.39, 0.29) is 17.4 Å². The molecule has 0 aliphatic heterocycles. The van der Waals surface area contributed by atoms with E-state index in [1.165, 1.54) is 9.75 Å². The van der Waals surface area contributed by atoms with Crippen LogP contribution in [0, 0.1) is 12.8 Å². The molecule has 1 saturated carbocycles. The quantitative estimate of drug-likeness (QED) is 0.899. The Morgan fingerprint density at radius 3 is 2.68 bits per heavy atom. The standard InChI is InChI=1S/C15H24N2OS/c1-10-6-7-13(19-10)11-8-12(11)14(18)16-9-15(2,3)17(4)5/h6-7,11-12H,8-9H2,1-5H3,(H,16,18). The molecule has 0 saturated heterocycles. The van der Waals surface area contributed by atoms with Crippen LogP contribution in [-0.4, -0.2) is 37.0 Å². The summed E-state index contributed by atoms with van der Waals surface area (Å²) >= 11 is 1.82. The third-order valence-electron chi connectivity index (χ3n) is 4.16. The highest BCUT2D eigenvalue weighted by Gasteiger charge is 2.44. The zero-order valence-corrected chi connectivity index (χ0v) is 13.3. The number of nitrogens with one attached hydrogen (secondary N) is 1. The molecule has 3 nitrogen and oxygen atoms in total. The Morgan fingerprint density at radius 2 is 2.16 bits per heavy atom. The van der Waals surface area contributed by atoms with E-state index in [1.807, 2.05) is 25.4 Å². The molecular weight excluding hydrogens is 256 g/mol. The summed E-state index contributed by atoms with van der Waals surface area (Å²) in [7, 11) is 4.08. The van der Waals surface area contributed by atoms with E-state index in [4.69, 9.17) is 0 Å². The summed E-state index contributed by atoms with van der Waals surface area (Å²) < 4.78 is 0. The number of aryl methyl sites for hydroxylation is 1. The fraction of sp³-hybridized carbons (Fsp3) is 0.667. The van der Waals surface area contributed by atoms with E-state index in [2.05, 4.69) is 43.1 Å².